The molecule has 0 radical (unpaired) electrons. The average Bonchev–Trinajstić information content (AvgIpc) is 3.15. The number of nitrogens with zero attached hydrogens (tertiary/aromatic N) is 3. The van der Waals surface area contributed by atoms with E-state index in [0.29, 0.717) is 18.7 Å². The van der Waals surface area contributed by atoms with Crippen LogP contribution in [0.25, 0.3) is 5.65 Å². The molecule has 1 saturated heterocycles. The number of pyridine rings is 1. The standard InChI is InChI=1S/C19H20N4O2.2ClH/c1-25-17-5-3-2-4-15(17)16-12-20-8-11-23(16)19(24)14-6-7-18-21-9-10-22(18)13-14;;/h2-7,9-10,13,16,20H,8,11-12H2,1H3;2*1H. The predicted octanol–water partition coefficient (Wildman–Crippen LogP) is 2.97. The van der Waals surface area contributed by atoms with E-state index in [1.165, 1.54) is 0 Å². The molecule has 3 aromatic rings. The van der Waals surface area contributed by atoms with Gasteiger partial charge in [0.2, 0.25) is 0 Å². The predicted molar refractivity (Wildman–Crippen MR) is 109 cm³/mol. The summed E-state index contributed by atoms with van der Waals surface area (Å²) in [6.45, 7) is 2.15. The maximum atomic E-state index is 13.2. The molecule has 0 saturated carbocycles. The number of benzene rings is 1. The van der Waals surface area contributed by atoms with Crippen LogP contribution >= 0.6 is 24.8 Å². The Morgan fingerprint density at radius 3 is 2.85 bits per heavy atom. The van der Waals surface area contributed by atoms with Crippen molar-refractivity contribution >= 4 is 36.4 Å². The molecule has 1 N–H and O–H groups in total. The molecule has 2 aromatic heterocycles. The lowest BCUT2D eigenvalue weighted by Gasteiger charge is -2.37. The number of hydrogen-bond donors (Lipinski definition) is 1. The van der Waals surface area contributed by atoms with E-state index in [1.54, 1.807) is 13.3 Å². The normalized spacial score (nSPS) is 16.3. The maximum Gasteiger partial charge on any atom is 0.255 e. The number of amides is 1. The average molecular weight is 409 g/mol. The summed E-state index contributed by atoms with van der Waals surface area (Å²) in [6, 6.07) is 11.5. The molecule has 27 heavy (non-hydrogen) atoms. The number of halogens is 2. The van der Waals surface area contributed by atoms with E-state index in [9.17, 15) is 4.79 Å². The number of fused-ring (bicyclic) bond motifs is 1. The molecular weight excluding hydrogens is 387 g/mol. The first-order valence-electron chi connectivity index (χ1n) is 8.35. The summed E-state index contributed by atoms with van der Waals surface area (Å²) in [5, 5.41) is 3.38. The molecule has 0 bridgehead atoms. The summed E-state index contributed by atoms with van der Waals surface area (Å²) >= 11 is 0. The molecule has 1 atom stereocenters. The molecule has 0 aliphatic carbocycles. The molecule has 3 heterocycles. The van der Waals surface area contributed by atoms with E-state index in [4.69, 9.17) is 4.74 Å². The van der Waals surface area contributed by atoms with E-state index in [2.05, 4.69) is 10.3 Å². The van der Waals surface area contributed by atoms with Gasteiger partial charge in [-0.1, -0.05) is 18.2 Å². The van der Waals surface area contributed by atoms with Crippen LogP contribution in [-0.2, 0) is 0 Å². The molecule has 4 rings (SSSR count). The van der Waals surface area contributed by atoms with Crippen LogP contribution in [0.4, 0.5) is 0 Å². The summed E-state index contributed by atoms with van der Waals surface area (Å²) in [6.07, 6.45) is 5.42. The number of para-hydroxylation sites is 1. The van der Waals surface area contributed by atoms with Gasteiger partial charge in [0, 0.05) is 43.8 Å². The second-order valence-electron chi connectivity index (χ2n) is 6.07. The highest BCUT2D eigenvalue weighted by Gasteiger charge is 2.30. The zero-order chi connectivity index (χ0) is 17.2. The van der Waals surface area contributed by atoms with Crippen LogP contribution in [-0.4, -0.2) is 46.9 Å². The number of methoxy groups -OCH3 is 1. The van der Waals surface area contributed by atoms with Crippen molar-refractivity contribution in [1.82, 2.24) is 19.6 Å². The Kier molecular flexibility index (Phi) is 7.07. The molecule has 1 aromatic carbocycles. The first-order valence-corrected chi connectivity index (χ1v) is 8.35. The summed E-state index contributed by atoms with van der Waals surface area (Å²) in [4.78, 5) is 19.3. The largest absolute Gasteiger partial charge is 0.496 e. The summed E-state index contributed by atoms with van der Waals surface area (Å²) < 4.78 is 7.37. The monoisotopic (exact) mass is 408 g/mol. The molecule has 1 unspecified atom stereocenters. The topological polar surface area (TPSA) is 58.9 Å². The molecule has 1 aliphatic rings. The zero-order valence-electron chi connectivity index (χ0n) is 14.9. The van der Waals surface area contributed by atoms with Crippen LogP contribution in [0.2, 0.25) is 0 Å². The van der Waals surface area contributed by atoms with Crippen LogP contribution in [0.15, 0.2) is 55.0 Å². The molecule has 1 aliphatic heterocycles. The van der Waals surface area contributed by atoms with Crippen molar-refractivity contribution in [3.63, 3.8) is 0 Å². The van der Waals surface area contributed by atoms with Gasteiger partial charge in [0.15, 0.2) is 0 Å². The van der Waals surface area contributed by atoms with Crippen molar-refractivity contribution in [2.45, 2.75) is 6.04 Å². The second-order valence-corrected chi connectivity index (χ2v) is 6.07. The Morgan fingerprint density at radius 2 is 2.04 bits per heavy atom. The number of rotatable bonds is 3. The fourth-order valence-electron chi connectivity index (χ4n) is 3.38. The molecule has 6 nitrogen and oxygen atoms in total. The Labute approximate surface area is 170 Å². The first-order chi connectivity index (χ1) is 12.3. The molecule has 1 amide bonds. The van der Waals surface area contributed by atoms with Crippen molar-refractivity contribution < 1.29 is 9.53 Å². The van der Waals surface area contributed by atoms with Gasteiger partial charge in [0.1, 0.15) is 11.4 Å². The number of aromatic nitrogens is 2. The lowest BCUT2D eigenvalue weighted by Crippen LogP contribution is -2.48. The van der Waals surface area contributed by atoms with Gasteiger partial charge < -0.3 is 19.4 Å². The fourth-order valence-corrected chi connectivity index (χ4v) is 3.38. The Morgan fingerprint density at radius 1 is 1.22 bits per heavy atom. The molecule has 144 valence electrons. The Hall–Kier alpha value is -2.28. The second kappa shape index (κ2) is 9.08. The van der Waals surface area contributed by atoms with Crippen molar-refractivity contribution in [2.75, 3.05) is 26.7 Å². The number of nitrogens with one attached hydrogen (secondary N) is 1. The minimum Gasteiger partial charge on any atom is -0.496 e. The third-order valence-electron chi connectivity index (χ3n) is 4.64. The van der Waals surface area contributed by atoms with Gasteiger partial charge in [-0.25, -0.2) is 4.98 Å². The van der Waals surface area contributed by atoms with Crippen LogP contribution in [0, 0.1) is 0 Å². The van der Waals surface area contributed by atoms with Crippen molar-refractivity contribution in [3.05, 3.63) is 66.1 Å². The highest BCUT2D eigenvalue weighted by molar-refractivity contribution is 5.94. The van der Waals surface area contributed by atoms with Gasteiger partial charge in [0.25, 0.3) is 5.91 Å². The fraction of sp³-hybridized carbons (Fsp3) is 0.263. The lowest BCUT2D eigenvalue weighted by molar-refractivity contribution is 0.0631. The highest BCUT2D eigenvalue weighted by Crippen LogP contribution is 2.31. The number of carbonyl (C=O) groups is 1. The third kappa shape index (κ3) is 4.03. The minimum atomic E-state index is -0.0594. The van der Waals surface area contributed by atoms with Gasteiger partial charge in [-0.15, -0.1) is 24.8 Å². The first kappa shape index (κ1) is 21.0. The van der Waals surface area contributed by atoms with Crippen molar-refractivity contribution in [1.29, 1.82) is 0 Å². The van der Waals surface area contributed by atoms with Gasteiger partial charge >= 0.3 is 0 Å². The van der Waals surface area contributed by atoms with E-state index in [-0.39, 0.29) is 36.8 Å². The summed E-state index contributed by atoms with van der Waals surface area (Å²) in [5.41, 5.74) is 2.51. The van der Waals surface area contributed by atoms with Gasteiger partial charge in [-0.05, 0) is 18.2 Å². The number of piperazine rings is 1. The van der Waals surface area contributed by atoms with E-state index >= 15 is 0 Å². The molecule has 0 spiro atoms. The van der Waals surface area contributed by atoms with Crippen LogP contribution in [0.1, 0.15) is 22.0 Å². The molecule has 8 heteroatoms. The maximum absolute atomic E-state index is 13.2. The van der Waals surface area contributed by atoms with Gasteiger partial charge in [-0.2, -0.15) is 0 Å². The van der Waals surface area contributed by atoms with Gasteiger partial charge in [0.05, 0.1) is 18.7 Å². The van der Waals surface area contributed by atoms with E-state index < -0.39 is 0 Å². The van der Waals surface area contributed by atoms with Crippen LogP contribution in [0.3, 0.4) is 0 Å². The Balaban J connectivity index is 0.00000131. The smallest absolute Gasteiger partial charge is 0.255 e. The lowest BCUT2D eigenvalue weighted by atomic mass is 10.0. The van der Waals surface area contributed by atoms with E-state index in [1.807, 2.05) is 58.1 Å². The quantitative estimate of drug-likeness (QED) is 0.723. The number of hydrogen-bond acceptors (Lipinski definition) is 4. The Bertz CT molecular complexity index is 915. The van der Waals surface area contributed by atoms with Crippen LogP contribution in [0.5, 0.6) is 5.75 Å². The van der Waals surface area contributed by atoms with E-state index in [0.717, 1.165) is 23.5 Å². The molecular formula is C19H22Cl2N4O2. The highest BCUT2D eigenvalue weighted by atomic mass is 35.5. The summed E-state index contributed by atoms with van der Waals surface area (Å²) in [5.74, 6) is 0.826. The number of carbonyl (C=O) groups excluding carboxylic acids is 1. The van der Waals surface area contributed by atoms with Gasteiger partial charge in [-0.3, -0.25) is 4.79 Å². The van der Waals surface area contributed by atoms with Crippen molar-refractivity contribution in [2.24, 2.45) is 0 Å². The van der Waals surface area contributed by atoms with Crippen LogP contribution < -0.4 is 10.1 Å². The number of imidazole rings is 1. The minimum absolute atomic E-state index is 0. The number of ether oxygens (including phenoxy) is 1. The SMILES string of the molecule is COc1ccccc1C1CNCCN1C(=O)c1ccc2nccn2c1.Cl.Cl. The third-order valence-corrected chi connectivity index (χ3v) is 4.64. The summed E-state index contributed by atoms with van der Waals surface area (Å²) in [7, 11) is 1.66. The van der Waals surface area contributed by atoms with Crippen molar-refractivity contribution in [3.8, 4) is 5.75 Å². The zero-order valence-corrected chi connectivity index (χ0v) is 16.5. The molecule has 1 fully saturated rings.